The number of ether oxygens (including phenoxy) is 1. The van der Waals surface area contributed by atoms with Crippen LogP contribution in [-0.4, -0.2) is 33.7 Å². The summed E-state index contributed by atoms with van der Waals surface area (Å²) in [6.45, 7) is 1.88. The van der Waals surface area contributed by atoms with E-state index < -0.39 is 22.5 Å². The maximum atomic E-state index is 13.3. The Kier molecular flexibility index (Phi) is 8.02. The van der Waals surface area contributed by atoms with Gasteiger partial charge in [-0.15, -0.1) is 0 Å². The molecule has 0 saturated heterocycles. The summed E-state index contributed by atoms with van der Waals surface area (Å²) < 4.78 is 33.9. The number of rotatable bonds is 9. The normalized spacial score (nSPS) is 11.3. The number of hydrogen-bond acceptors (Lipinski definition) is 5. The lowest BCUT2D eigenvalue weighted by Gasteiger charge is -2.23. The van der Waals surface area contributed by atoms with E-state index in [1.54, 1.807) is 42.5 Å². The number of carbonyl (C=O) groups excluding carboxylic acids is 1. The molecule has 166 valence electrons. The highest BCUT2D eigenvalue weighted by Crippen LogP contribution is 2.25. The molecule has 0 fully saturated rings. The van der Waals surface area contributed by atoms with Gasteiger partial charge in [0.15, 0.2) is 0 Å². The van der Waals surface area contributed by atoms with Crippen LogP contribution in [0.25, 0.3) is 0 Å². The molecule has 9 heteroatoms. The molecule has 0 spiro atoms. The van der Waals surface area contributed by atoms with Crippen LogP contribution in [0, 0.1) is 0 Å². The molecular formula is C23H22BrN3O4S. The van der Waals surface area contributed by atoms with Crippen LogP contribution in [0.2, 0.25) is 0 Å². The van der Waals surface area contributed by atoms with Gasteiger partial charge in [-0.2, -0.15) is 5.10 Å². The van der Waals surface area contributed by atoms with Crippen LogP contribution in [0.4, 0.5) is 5.69 Å². The Morgan fingerprint density at radius 3 is 2.34 bits per heavy atom. The van der Waals surface area contributed by atoms with E-state index >= 15 is 0 Å². The van der Waals surface area contributed by atoms with E-state index in [0.717, 1.165) is 14.3 Å². The van der Waals surface area contributed by atoms with Crippen LogP contribution in [-0.2, 0) is 14.8 Å². The molecule has 1 amide bonds. The van der Waals surface area contributed by atoms with Gasteiger partial charge in [-0.1, -0.05) is 52.3 Å². The van der Waals surface area contributed by atoms with Gasteiger partial charge in [-0.25, -0.2) is 13.8 Å². The lowest BCUT2D eigenvalue weighted by atomic mass is 10.2. The summed E-state index contributed by atoms with van der Waals surface area (Å²) in [5.74, 6) is -0.0106. The number of hydrazone groups is 1. The minimum atomic E-state index is -4.01. The number of halogens is 1. The van der Waals surface area contributed by atoms with Gasteiger partial charge >= 0.3 is 0 Å². The molecule has 32 heavy (non-hydrogen) atoms. The highest BCUT2D eigenvalue weighted by Gasteiger charge is 2.27. The summed E-state index contributed by atoms with van der Waals surface area (Å²) in [4.78, 5) is 12.6. The molecule has 0 unspecified atom stereocenters. The standard InChI is InChI=1S/C23H22BrN3O4S/c1-2-31-20-12-14-21(15-13-20)32(29,30)27(19-9-4-3-5-10-19)17-23(28)26-25-16-18-8-6-7-11-22(18)24/h3-16H,2,17H2,1H3,(H,26,28)/b25-16-. The fourth-order valence-electron chi connectivity index (χ4n) is 2.83. The van der Waals surface area contributed by atoms with Crippen molar-refractivity contribution in [2.75, 3.05) is 17.5 Å². The van der Waals surface area contributed by atoms with Crippen molar-refractivity contribution in [3.8, 4) is 5.75 Å². The second kappa shape index (κ2) is 10.9. The van der Waals surface area contributed by atoms with E-state index in [0.29, 0.717) is 18.0 Å². The van der Waals surface area contributed by atoms with Crippen LogP contribution >= 0.6 is 15.9 Å². The topological polar surface area (TPSA) is 88.1 Å². The predicted molar refractivity (Wildman–Crippen MR) is 128 cm³/mol. The zero-order valence-corrected chi connectivity index (χ0v) is 19.7. The first kappa shape index (κ1) is 23.5. The van der Waals surface area contributed by atoms with E-state index in [9.17, 15) is 13.2 Å². The molecule has 0 radical (unpaired) electrons. The first-order valence-corrected chi connectivity index (χ1v) is 12.0. The summed E-state index contributed by atoms with van der Waals surface area (Å²) >= 11 is 3.40. The van der Waals surface area contributed by atoms with Gasteiger partial charge in [0.25, 0.3) is 15.9 Å². The number of amides is 1. The zero-order chi connectivity index (χ0) is 23.0. The van der Waals surface area contributed by atoms with Crippen molar-refractivity contribution in [2.45, 2.75) is 11.8 Å². The minimum absolute atomic E-state index is 0.0503. The van der Waals surface area contributed by atoms with Crippen molar-refractivity contribution in [1.29, 1.82) is 0 Å². The maximum Gasteiger partial charge on any atom is 0.264 e. The molecule has 0 saturated carbocycles. The molecule has 0 aliphatic carbocycles. The van der Waals surface area contributed by atoms with Crippen molar-refractivity contribution in [1.82, 2.24) is 5.43 Å². The smallest absolute Gasteiger partial charge is 0.264 e. The molecule has 0 heterocycles. The maximum absolute atomic E-state index is 13.3. The van der Waals surface area contributed by atoms with Gasteiger partial charge in [0.05, 0.1) is 23.4 Å². The highest BCUT2D eigenvalue weighted by atomic mass is 79.9. The molecule has 0 aliphatic rings. The van der Waals surface area contributed by atoms with E-state index in [-0.39, 0.29) is 4.90 Å². The van der Waals surface area contributed by atoms with Crippen molar-refractivity contribution < 1.29 is 17.9 Å². The van der Waals surface area contributed by atoms with E-state index in [4.69, 9.17) is 4.74 Å². The van der Waals surface area contributed by atoms with Crippen LogP contribution in [0.5, 0.6) is 5.75 Å². The lowest BCUT2D eigenvalue weighted by molar-refractivity contribution is -0.119. The molecule has 3 aromatic rings. The Hall–Kier alpha value is -3.17. The van der Waals surface area contributed by atoms with E-state index in [2.05, 4.69) is 26.5 Å². The van der Waals surface area contributed by atoms with Gasteiger partial charge in [-0.05, 0) is 49.4 Å². The second-order valence-corrected chi connectivity index (χ2v) is 9.28. The average molecular weight is 516 g/mol. The first-order chi connectivity index (χ1) is 15.4. The second-order valence-electron chi connectivity index (χ2n) is 6.57. The van der Waals surface area contributed by atoms with Crippen molar-refractivity contribution in [3.63, 3.8) is 0 Å². The molecule has 3 aromatic carbocycles. The van der Waals surface area contributed by atoms with Gasteiger partial charge in [0.2, 0.25) is 0 Å². The number of para-hydroxylation sites is 1. The number of anilines is 1. The van der Waals surface area contributed by atoms with Gasteiger partial charge in [-0.3, -0.25) is 9.10 Å². The minimum Gasteiger partial charge on any atom is -0.494 e. The third-order valence-electron chi connectivity index (χ3n) is 4.35. The highest BCUT2D eigenvalue weighted by molar-refractivity contribution is 9.10. The zero-order valence-electron chi connectivity index (χ0n) is 17.3. The Morgan fingerprint density at radius 1 is 1.03 bits per heavy atom. The fourth-order valence-corrected chi connectivity index (χ4v) is 4.64. The molecule has 7 nitrogen and oxygen atoms in total. The molecule has 0 atom stereocenters. The summed E-state index contributed by atoms with van der Waals surface area (Å²) in [6.07, 6.45) is 1.48. The number of nitrogens with zero attached hydrogens (tertiary/aromatic N) is 2. The Bertz CT molecular complexity index is 1180. The van der Waals surface area contributed by atoms with Crippen molar-refractivity contribution in [3.05, 3.63) is 88.9 Å². The SMILES string of the molecule is CCOc1ccc(S(=O)(=O)N(CC(=O)N/N=C\c2ccccc2Br)c2ccccc2)cc1. The molecule has 0 bridgehead atoms. The summed E-state index contributed by atoms with van der Waals surface area (Å²) in [5, 5.41) is 3.94. The molecule has 1 N–H and O–H groups in total. The van der Waals surface area contributed by atoms with Gasteiger partial charge in [0.1, 0.15) is 12.3 Å². The summed E-state index contributed by atoms with van der Waals surface area (Å²) in [7, 11) is -4.01. The van der Waals surface area contributed by atoms with Gasteiger partial charge in [0, 0.05) is 10.0 Å². The number of nitrogens with one attached hydrogen (secondary N) is 1. The number of sulfonamides is 1. The Balaban J connectivity index is 1.81. The summed E-state index contributed by atoms with van der Waals surface area (Å²) in [5.41, 5.74) is 3.53. The number of hydrogen-bond donors (Lipinski definition) is 1. The van der Waals surface area contributed by atoms with Crippen molar-refractivity contribution in [2.24, 2.45) is 5.10 Å². The van der Waals surface area contributed by atoms with E-state index in [1.807, 2.05) is 31.2 Å². The molecule has 0 aromatic heterocycles. The molecule has 0 aliphatic heterocycles. The summed E-state index contributed by atoms with van der Waals surface area (Å²) in [6, 6.07) is 21.9. The Labute approximate surface area is 195 Å². The first-order valence-electron chi connectivity index (χ1n) is 9.79. The quantitative estimate of drug-likeness (QED) is 0.341. The molecule has 3 rings (SSSR count). The third-order valence-corrected chi connectivity index (χ3v) is 6.86. The molecular weight excluding hydrogens is 494 g/mol. The average Bonchev–Trinajstić information content (AvgIpc) is 2.80. The van der Waals surface area contributed by atoms with Crippen LogP contribution in [0.1, 0.15) is 12.5 Å². The van der Waals surface area contributed by atoms with Crippen molar-refractivity contribution >= 4 is 43.8 Å². The Morgan fingerprint density at radius 2 is 1.69 bits per heavy atom. The van der Waals surface area contributed by atoms with Crippen LogP contribution in [0.15, 0.2) is 93.3 Å². The monoisotopic (exact) mass is 515 g/mol. The van der Waals surface area contributed by atoms with E-state index in [1.165, 1.54) is 18.3 Å². The number of carbonyl (C=O) groups is 1. The predicted octanol–water partition coefficient (Wildman–Crippen LogP) is 4.19. The van der Waals surface area contributed by atoms with Crippen LogP contribution < -0.4 is 14.5 Å². The third kappa shape index (κ3) is 5.95. The van der Waals surface area contributed by atoms with Crippen LogP contribution in [0.3, 0.4) is 0 Å². The van der Waals surface area contributed by atoms with Gasteiger partial charge < -0.3 is 4.74 Å². The largest absolute Gasteiger partial charge is 0.494 e. The number of benzene rings is 3. The lowest BCUT2D eigenvalue weighted by Crippen LogP contribution is -2.39. The fraction of sp³-hybridized carbons (Fsp3) is 0.130.